The van der Waals surface area contributed by atoms with Crippen molar-refractivity contribution in [1.82, 2.24) is 20.5 Å². The summed E-state index contributed by atoms with van der Waals surface area (Å²) < 4.78 is 50.7. The fraction of sp³-hybridized carbons (Fsp3) is 0.556. The predicted molar refractivity (Wildman–Crippen MR) is 233 cm³/mol. The van der Waals surface area contributed by atoms with Gasteiger partial charge in [0.25, 0.3) is 5.91 Å². The number of anilines is 2. The van der Waals surface area contributed by atoms with Gasteiger partial charge in [0.2, 0.25) is 11.8 Å². The van der Waals surface area contributed by atoms with Crippen LogP contribution in [0.5, 0.6) is 0 Å². The molecule has 2 aliphatic heterocycles. The molecule has 2 aliphatic carbocycles. The van der Waals surface area contributed by atoms with Crippen molar-refractivity contribution < 1.29 is 41.8 Å². The number of ether oxygens (including phenoxy) is 2. The molecule has 62 heavy (non-hydrogen) atoms. The molecule has 1 aromatic rings. The summed E-state index contributed by atoms with van der Waals surface area (Å²) in [5, 5.41) is 11.7. The molecule has 0 saturated carbocycles. The Morgan fingerprint density at radius 2 is 1.68 bits per heavy atom. The van der Waals surface area contributed by atoms with Crippen LogP contribution in [-0.2, 0) is 23.9 Å². The molecule has 5 rings (SSSR count). The van der Waals surface area contributed by atoms with Gasteiger partial charge < -0.3 is 30.9 Å². The van der Waals surface area contributed by atoms with Crippen LogP contribution in [0.4, 0.5) is 29.5 Å². The van der Waals surface area contributed by atoms with Gasteiger partial charge >= 0.3 is 12.5 Å². The van der Waals surface area contributed by atoms with Gasteiger partial charge in [0.15, 0.2) is 0 Å². The zero-order valence-corrected chi connectivity index (χ0v) is 37.3. The number of carbonyl (C=O) groups is 4. The molecule has 4 aliphatic rings. The summed E-state index contributed by atoms with van der Waals surface area (Å²) in [6.45, 7) is 12.6. The van der Waals surface area contributed by atoms with Crippen LogP contribution in [0.25, 0.3) is 0 Å². The minimum absolute atomic E-state index is 0.0730. The van der Waals surface area contributed by atoms with Gasteiger partial charge in [0, 0.05) is 42.8 Å². The number of nitrogens with one attached hydrogen (secondary N) is 4. The fourth-order valence-electron chi connectivity index (χ4n) is 7.95. The van der Waals surface area contributed by atoms with Gasteiger partial charge in [-0.1, -0.05) is 77.4 Å². The van der Waals surface area contributed by atoms with Crippen LogP contribution in [0, 0.1) is 17.3 Å². The number of carbonyl (C=O) groups excluding carboxylic acids is 4. The number of likely N-dealkylation sites (tertiary alicyclic amines) is 1. The quantitative estimate of drug-likeness (QED) is 0.113. The van der Waals surface area contributed by atoms with E-state index in [0.717, 1.165) is 29.7 Å². The number of nitrogens with zero attached hydrogens (tertiary/aromatic N) is 3. The Hall–Kier alpha value is -4.96. The summed E-state index contributed by atoms with van der Waals surface area (Å²) in [4.78, 5) is 62.3. The van der Waals surface area contributed by atoms with E-state index in [4.69, 9.17) is 21.3 Å². The van der Waals surface area contributed by atoms with Crippen molar-refractivity contribution in [3.05, 3.63) is 75.7 Å². The molecule has 1 fully saturated rings. The molecular formula is C45H59ClF3N7O6. The van der Waals surface area contributed by atoms with Crippen molar-refractivity contribution in [1.29, 1.82) is 0 Å². The average Bonchev–Trinajstić information content (AvgIpc) is 3.60. The topological polar surface area (TPSA) is 163 Å². The lowest BCUT2D eigenvalue weighted by Gasteiger charge is -2.32. The van der Waals surface area contributed by atoms with Gasteiger partial charge in [-0.3, -0.25) is 19.1 Å². The Kier molecular flexibility index (Phi) is 16.2. The molecule has 1 saturated heterocycles. The zero-order valence-electron chi connectivity index (χ0n) is 36.5. The first-order chi connectivity index (χ1) is 29.2. The van der Waals surface area contributed by atoms with Gasteiger partial charge in [-0.25, -0.2) is 14.8 Å². The van der Waals surface area contributed by atoms with Crippen LogP contribution in [0.15, 0.2) is 80.6 Å². The number of hydrogen-bond acceptors (Lipinski definition) is 9. The summed E-state index contributed by atoms with van der Waals surface area (Å²) in [5.74, 6) is -0.296. The van der Waals surface area contributed by atoms with Crippen molar-refractivity contribution >= 4 is 52.6 Å². The maximum Gasteiger partial charge on any atom is 0.523 e. The highest BCUT2D eigenvalue weighted by molar-refractivity contribution is 6.30. The van der Waals surface area contributed by atoms with E-state index in [0.29, 0.717) is 79.5 Å². The van der Waals surface area contributed by atoms with E-state index in [9.17, 15) is 32.3 Å². The van der Waals surface area contributed by atoms with E-state index in [1.54, 1.807) is 23.1 Å². The van der Waals surface area contributed by atoms with Gasteiger partial charge in [0.1, 0.15) is 17.0 Å². The number of hydrogen-bond donors (Lipinski definition) is 4. The van der Waals surface area contributed by atoms with E-state index in [-0.39, 0.29) is 41.7 Å². The fourth-order valence-corrected chi connectivity index (χ4v) is 8.27. The Morgan fingerprint density at radius 1 is 0.968 bits per heavy atom. The number of allylic oxidation sites excluding steroid dienone is 6. The number of methoxy groups -OCH3 is 1. The van der Waals surface area contributed by atoms with Gasteiger partial charge in [-0.15, -0.1) is 13.2 Å². The first kappa shape index (κ1) is 48.1. The molecule has 4 atom stereocenters. The molecule has 0 radical (unpaired) electrons. The van der Waals surface area contributed by atoms with Crippen molar-refractivity contribution in [3.8, 4) is 0 Å². The Morgan fingerprint density at radius 3 is 2.31 bits per heavy atom. The second kappa shape index (κ2) is 20.9. The van der Waals surface area contributed by atoms with Crippen molar-refractivity contribution in [2.45, 2.75) is 117 Å². The molecule has 338 valence electrons. The van der Waals surface area contributed by atoms with Crippen LogP contribution in [0.1, 0.15) is 92.9 Å². The van der Waals surface area contributed by atoms with Crippen LogP contribution < -0.4 is 21.3 Å². The highest BCUT2D eigenvalue weighted by Gasteiger charge is 2.41. The van der Waals surface area contributed by atoms with Gasteiger partial charge in [-0.05, 0) is 91.2 Å². The van der Waals surface area contributed by atoms with E-state index in [2.05, 4.69) is 37.9 Å². The van der Waals surface area contributed by atoms with E-state index < -0.39 is 35.9 Å². The Balaban J connectivity index is 1.30. The predicted octanol–water partition coefficient (Wildman–Crippen LogP) is 8.49. The summed E-state index contributed by atoms with van der Waals surface area (Å²) in [7, 11) is 1.26. The van der Waals surface area contributed by atoms with Crippen molar-refractivity contribution in [2.24, 2.45) is 22.2 Å². The zero-order chi connectivity index (χ0) is 45.4. The molecule has 0 bridgehead atoms. The number of amides is 4. The van der Waals surface area contributed by atoms with E-state index >= 15 is 0 Å². The highest BCUT2D eigenvalue weighted by Crippen LogP contribution is 2.40. The van der Waals surface area contributed by atoms with Crippen LogP contribution in [0.3, 0.4) is 0 Å². The standard InChI is InChI=1S/C45H59ClF3N7O6/c1-26(2)38(55-43(60)61-7)41(58)56-25-27(3)22-35(56)34-11-9-8-10-33(39(46)54-34)29-14-12-28(13-15-29)32-18-16-30(23-36(32)62-45(47,48)49)40(57)53-31-17-19-37(52-24-31)50-20-21-51-42(59)44(4,5)6/h12,14,16-19,24,26-27,35-36,38H,8-11,13,15,20-23,25H2,1-7H3,(H,50,52)(H,51,59)(H,53,57)(H,55,60). The largest absolute Gasteiger partial charge is 0.523 e. The van der Waals surface area contributed by atoms with Crippen LogP contribution in [0.2, 0.25) is 0 Å². The third kappa shape index (κ3) is 13.0. The van der Waals surface area contributed by atoms with Gasteiger partial charge in [-0.2, -0.15) is 0 Å². The number of aliphatic imine (C=N–C) groups is 1. The number of aromatic nitrogens is 1. The van der Waals surface area contributed by atoms with Crippen LogP contribution in [-0.4, -0.2) is 90.7 Å². The summed E-state index contributed by atoms with van der Waals surface area (Å²) in [5.41, 5.74) is 3.56. The number of halogens is 4. The lowest BCUT2D eigenvalue weighted by Crippen LogP contribution is -2.53. The molecule has 0 aromatic carbocycles. The number of pyridine rings is 1. The first-order valence-electron chi connectivity index (χ1n) is 21.2. The van der Waals surface area contributed by atoms with Gasteiger partial charge in [0.05, 0.1) is 31.1 Å². The maximum absolute atomic E-state index is 13.9. The maximum atomic E-state index is 13.9. The smallest absolute Gasteiger partial charge is 0.453 e. The molecule has 4 amide bonds. The second-order valence-corrected chi connectivity index (χ2v) is 17.9. The minimum atomic E-state index is -4.95. The lowest BCUT2D eigenvalue weighted by atomic mass is 9.83. The molecule has 1 aromatic heterocycles. The normalized spacial score (nSPS) is 21.6. The average molecular weight is 886 g/mol. The third-order valence-electron chi connectivity index (χ3n) is 11.3. The van der Waals surface area contributed by atoms with E-state index in [1.165, 1.54) is 25.5 Å². The lowest BCUT2D eigenvalue weighted by molar-refractivity contribution is -0.337. The SMILES string of the molecule is COC(=O)NC(C(=O)N1CC(C)CC1C1=NC(Cl)=C(C2=CC=C(C3=CC=C(C(=O)Nc4ccc(NCCNC(=O)C(C)(C)C)nc4)CC3OC(F)(F)F)CC2)CCCC1)C(C)C. The number of alkyl halides is 3. The summed E-state index contributed by atoms with van der Waals surface area (Å²) in [6.07, 6.45) is 5.37. The first-order valence-corrected chi connectivity index (χ1v) is 21.6. The molecule has 4 unspecified atom stereocenters. The molecule has 4 N–H and O–H groups in total. The third-order valence-corrected chi connectivity index (χ3v) is 11.6. The second-order valence-electron chi connectivity index (χ2n) is 17.6. The van der Waals surface area contributed by atoms with E-state index in [1.807, 2.05) is 40.7 Å². The molecule has 13 nitrogen and oxygen atoms in total. The highest BCUT2D eigenvalue weighted by atomic mass is 35.5. The number of rotatable bonds is 13. The monoisotopic (exact) mass is 885 g/mol. The Labute approximate surface area is 366 Å². The minimum Gasteiger partial charge on any atom is -0.453 e. The van der Waals surface area contributed by atoms with Crippen molar-refractivity contribution in [2.75, 3.05) is 37.4 Å². The Bertz CT molecular complexity index is 2030. The molecular weight excluding hydrogens is 827 g/mol. The summed E-state index contributed by atoms with van der Waals surface area (Å²) >= 11 is 7.00. The summed E-state index contributed by atoms with van der Waals surface area (Å²) in [6, 6.07) is 2.22. The molecule has 3 heterocycles. The van der Waals surface area contributed by atoms with Crippen LogP contribution >= 0.6 is 11.6 Å². The number of alkyl carbamates (subject to hydrolysis) is 1. The van der Waals surface area contributed by atoms with Crippen molar-refractivity contribution in [3.63, 3.8) is 0 Å². The molecule has 0 spiro atoms. The molecule has 17 heteroatoms.